The summed E-state index contributed by atoms with van der Waals surface area (Å²) in [6.45, 7) is 4.27. The number of hydrogen-bond acceptors (Lipinski definition) is 11. The van der Waals surface area contributed by atoms with Crippen LogP contribution in [0.25, 0.3) is 10.9 Å². The number of benzene rings is 1. The quantitative estimate of drug-likeness (QED) is 0.216. The molecular weight excluding hydrogens is 841 g/mol. The van der Waals surface area contributed by atoms with E-state index in [-0.39, 0.29) is 55.7 Å². The summed E-state index contributed by atoms with van der Waals surface area (Å²) in [4.78, 5) is 76.0. The van der Waals surface area contributed by atoms with Crippen molar-refractivity contribution in [3.8, 4) is 11.6 Å². The molecule has 7 aliphatic rings. The number of pyridine rings is 1. The highest BCUT2D eigenvalue weighted by Crippen LogP contribution is 2.46. The maximum Gasteiger partial charge on any atom is 0.412 e. The first kappa shape index (κ1) is 43.7. The Hall–Kier alpha value is -5.58. The minimum Gasteiger partial charge on any atom is -0.486 e. The Morgan fingerprint density at radius 1 is 1.02 bits per heavy atom. The molecule has 3 aliphatic heterocycles. The lowest BCUT2D eigenvalue weighted by molar-refractivity contribution is -0.438. The minimum atomic E-state index is -3.93. The van der Waals surface area contributed by atoms with Gasteiger partial charge < -0.3 is 29.7 Å². The van der Waals surface area contributed by atoms with Crippen LogP contribution in [0.5, 0.6) is 11.6 Å². The van der Waals surface area contributed by atoms with Gasteiger partial charge in [0.05, 0.1) is 29.0 Å². The lowest BCUT2D eigenvalue weighted by Gasteiger charge is -2.32. The number of allylic oxidation sites excluding steroid dienone is 3. The number of para-hydroxylation sites is 1. The van der Waals surface area contributed by atoms with Crippen molar-refractivity contribution >= 4 is 56.9 Å². The van der Waals surface area contributed by atoms with E-state index in [9.17, 15) is 27.6 Å². The number of aromatic nitrogens is 1. The van der Waals surface area contributed by atoms with Crippen LogP contribution in [-0.2, 0) is 40.4 Å². The summed E-state index contributed by atoms with van der Waals surface area (Å²) in [5.74, 6) is -1.87. The van der Waals surface area contributed by atoms with Crippen LogP contribution in [0.4, 0.5) is 4.79 Å². The summed E-state index contributed by atoms with van der Waals surface area (Å²) < 4.78 is 49.0. The average Bonchev–Trinajstić information content (AvgIpc) is 3.94. The third kappa shape index (κ3) is 9.04. The number of ether oxygens (including phenoxy) is 3. The van der Waals surface area contributed by atoms with E-state index in [1.54, 1.807) is 16.9 Å². The summed E-state index contributed by atoms with van der Waals surface area (Å²) in [7, 11) is -3.93. The summed E-state index contributed by atoms with van der Waals surface area (Å²) in [6, 6.07) is 5.38. The van der Waals surface area contributed by atoms with E-state index in [1.165, 1.54) is 17.1 Å². The van der Waals surface area contributed by atoms with Gasteiger partial charge in [-0.3, -0.25) is 19.1 Å². The predicted octanol–water partition coefficient (Wildman–Crippen LogP) is 4.16. The number of alkyl carbamates (subject to hydrolysis) is 1. The van der Waals surface area contributed by atoms with Gasteiger partial charge in [0.25, 0.3) is 5.91 Å². The fourth-order valence-corrected chi connectivity index (χ4v) is 11.7. The molecule has 4 aliphatic carbocycles. The van der Waals surface area contributed by atoms with E-state index in [2.05, 4.69) is 28.0 Å². The molecule has 0 unspecified atom stereocenters. The van der Waals surface area contributed by atoms with Crippen LogP contribution < -0.4 is 24.8 Å². The van der Waals surface area contributed by atoms with Gasteiger partial charge in [0.15, 0.2) is 12.8 Å². The van der Waals surface area contributed by atoms with Crippen LogP contribution in [-0.4, -0.2) is 114 Å². The molecule has 1 aromatic heterocycles. The van der Waals surface area contributed by atoms with Gasteiger partial charge in [-0.2, -0.15) is 4.58 Å². The van der Waals surface area contributed by atoms with Crippen molar-refractivity contribution in [2.75, 3.05) is 19.7 Å². The largest absolute Gasteiger partial charge is 0.486 e. The highest BCUT2D eigenvalue weighted by atomic mass is 32.2. The van der Waals surface area contributed by atoms with Crippen molar-refractivity contribution in [1.29, 1.82) is 0 Å². The molecule has 1 saturated heterocycles. The minimum absolute atomic E-state index is 0.000128. The molecule has 7 atom stereocenters. The number of hydrogen-bond donors (Lipinski definition) is 3. The fraction of sp³-hybridized carbons (Fsp3) is 0.553. The van der Waals surface area contributed by atoms with Crippen molar-refractivity contribution in [3.05, 3.63) is 66.8 Å². The second kappa shape index (κ2) is 18.1. The third-order valence-electron chi connectivity index (χ3n) is 14.1. The van der Waals surface area contributed by atoms with E-state index in [0.29, 0.717) is 55.5 Å². The Morgan fingerprint density at radius 3 is 2.56 bits per heavy atom. The standard InChI is InChI=1S/C47H56N6O10S/c1-2-31-27-47(31,45(57)51-64(59,60)33-21-22-33)50-42(55)37-26-32-28-53(37)44(56)40(30-13-6-7-14-30)49-46(58)63-38-19-10-15-29(38)12-4-3-5-17-35-41(61-25-24-52-23-11-20-39(52)54)34-16-8-9-18-36(34)48-43(35)62-32/h2-3,5,8-9,11,16,18,20,23,29-33,37-38,40H,1,4,6-7,10,12-15,17,19,21-22,24-28H2,(H2-,49,50,51,55,57,58)/p+1/t29-,31-,32-,37+,38-,40+,47-/m1/s1. The summed E-state index contributed by atoms with van der Waals surface area (Å²) >= 11 is 0. The van der Waals surface area contributed by atoms with Gasteiger partial charge in [0, 0.05) is 23.8 Å². The second-order valence-corrected chi connectivity index (χ2v) is 20.3. The molecule has 4 saturated carbocycles. The van der Waals surface area contributed by atoms with Gasteiger partial charge in [0.2, 0.25) is 27.7 Å². The lowest BCUT2D eigenvalue weighted by atomic mass is 9.96. The number of rotatable bonds is 11. The number of nitrogens with zero attached hydrogens (tertiary/aromatic N) is 3. The molecule has 5 fully saturated rings. The molecule has 0 radical (unpaired) electrons. The van der Waals surface area contributed by atoms with E-state index in [4.69, 9.17) is 19.2 Å². The van der Waals surface area contributed by atoms with Crippen molar-refractivity contribution in [2.24, 2.45) is 17.8 Å². The molecule has 9 rings (SSSR count). The van der Waals surface area contributed by atoms with Crippen LogP contribution in [0.15, 0.2) is 61.2 Å². The van der Waals surface area contributed by atoms with Gasteiger partial charge in [-0.15, -0.1) is 6.58 Å². The first-order valence-electron chi connectivity index (χ1n) is 22.9. The average molecular weight is 898 g/mol. The lowest BCUT2D eigenvalue weighted by Crippen LogP contribution is -2.59. The zero-order valence-electron chi connectivity index (χ0n) is 36.0. The highest BCUT2D eigenvalue weighted by molar-refractivity contribution is 7.91. The molecule has 340 valence electrons. The zero-order chi connectivity index (χ0) is 44.6. The van der Waals surface area contributed by atoms with Gasteiger partial charge in [-0.25, -0.2) is 23.0 Å². The summed E-state index contributed by atoms with van der Waals surface area (Å²) in [6.07, 6.45) is 17.5. The molecule has 64 heavy (non-hydrogen) atoms. The predicted molar refractivity (Wildman–Crippen MR) is 235 cm³/mol. The molecule has 3 N–H and O–H groups in total. The Kier molecular flexibility index (Phi) is 12.4. The maximum atomic E-state index is 15.1. The molecule has 2 bridgehead atoms. The molecule has 16 nitrogen and oxygen atoms in total. The van der Waals surface area contributed by atoms with E-state index < -0.39 is 68.7 Å². The highest BCUT2D eigenvalue weighted by Gasteiger charge is 2.62. The number of fused-ring (bicyclic) bond motifs is 5. The fourth-order valence-electron chi connectivity index (χ4n) is 10.3. The van der Waals surface area contributed by atoms with Gasteiger partial charge in [0.1, 0.15) is 42.2 Å². The molecule has 17 heteroatoms. The van der Waals surface area contributed by atoms with Crippen LogP contribution >= 0.6 is 0 Å². The molecule has 2 aromatic rings. The van der Waals surface area contributed by atoms with Crippen LogP contribution in [0, 0.1) is 17.8 Å². The molecule has 5 amide bonds. The first-order chi connectivity index (χ1) is 30.9. The molecule has 0 spiro atoms. The van der Waals surface area contributed by atoms with Gasteiger partial charge >= 0.3 is 12.0 Å². The maximum absolute atomic E-state index is 15.1. The molecule has 4 heterocycles. The number of nitrogens with one attached hydrogen (secondary N) is 3. The Labute approximate surface area is 373 Å². The Balaban J connectivity index is 1.07. The van der Waals surface area contributed by atoms with Crippen molar-refractivity contribution in [2.45, 2.75) is 125 Å². The van der Waals surface area contributed by atoms with Gasteiger partial charge in [-0.1, -0.05) is 43.2 Å². The summed E-state index contributed by atoms with van der Waals surface area (Å²) in [5.41, 5.74) is -0.318. The van der Waals surface area contributed by atoms with Crippen LogP contribution in [0.2, 0.25) is 0 Å². The van der Waals surface area contributed by atoms with Crippen molar-refractivity contribution < 1.29 is 51.2 Å². The summed E-state index contributed by atoms with van der Waals surface area (Å²) in [5, 5.41) is 5.91. The van der Waals surface area contributed by atoms with Crippen LogP contribution in [0.1, 0.15) is 89.0 Å². The van der Waals surface area contributed by atoms with Crippen molar-refractivity contribution in [1.82, 2.24) is 25.2 Å². The number of amides is 5. The Bertz CT molecular complexity index is 2430. The first-order valence-corrected chi connectivity index (χ1v) is 24.4. The van der Waals surface area contributed by atoms with E-state index >= 15 is 4.79 Å². The molecule has 1 aromatic carbocycles. The number of carbonyl (C=O) groups is 5. The number of carbonyl (C=O) groups excluding carboxylic acids is 5. The van der Waals surface area contributed by atoms with E-state index in [1.807, 2.05) is 30.3 Å². The Morgan fingerprint density at radius 2 is 1.81 bits per heavy atom. The topological polar surface area (TPSA) is 202 Å². The van der Waals surface area contributed by atoms with E-state index in [0.717, 1.165) is 50.3 Å². The number of sulfonamides is 1. The van der Waals surface area contributed by atoms with Gasteiger partial charge in [-0.05, 0) is 94.6 Å². The van der Waals surface area contributed by atoms with Crippen LogP contribution in [0.3, 0.4) is 0 Å². The SMILES string of the molecule is C=C[C@@H]1C[C@]1(NC(=O)[C@@H]1C[C@@H]2CN1C(=O)[C@H](C1CCCC1)NC(=O)O[C@@H]1CCC[C@H]1CCC=CCc1c(nc3ccccc3c1OCC[N+]1=CC=CC1=O)O2)C(=O)NS(=O)(=O)C1CC1. The molecular formula is C47H57N6O10S+. The monoisotopic (exact) mass is 897 g/mol. The van der Waals surface area contributed by atoms with Crippen molar-refractivity contribution in [3.63, 3.8) is 0 Å². The zero-order valence-corrected chi connectivity index (χ0v) is 36.8. The third-order valence-corrected chi connectivity index (χ3v) is 15.9. The second-order valence-electron chi connectivity index (χ2n) is 18.3. The normalized spacial score (nSPS) is 29.7. The smallest absolute Gasteiger partial charge is 0.412 e.